The van der Waals surface area contributed by atoms with Crippen molar-refractivity contribution in [1.82, 2.24) is 16.0 Å². The fourth-order valence-corrected chi connectivity index (χ4v) is 21.3. The highest BCUT2D eigenvalue weighted by atomic mass is 28.4. The van der Waals surface area contributed by atoms with Crippen molar-refractivity contribution in [2.75, 3.05) is 13.2 Å². The van der Waals surface area contributed by atoms with Crippen LogP contribution in [-0.2, 0) is 50.8 Å². The number of aliphatic hydroxyl groups is 3. The molecule has 7 N–H and O–H groups in total. The average molecular weight is 1210 g/mol. The topological polar surface area (TPSA) is 242 Å². The van der Waals surface area contributed by atoms with E-state index in [1.807, 2.05) is 159 Å². The standard InChI is InChI=1S/C66H79N3O15Si2/c1-65(2,3)86(47-32-20-10-21-33-47,48-34-22-11-23-35-48)79-42-55-56(72)49(38-66(4,5)85(76,45-28-16-8-17-29-45)46-30-18-9-19-31-46)60(81-55)83-59-57(50(36-51-58(59)84-64(75)68-51)67-62(73)77-40-43-24-12-6-13-25-43)82-61-52(37-53(71)54(39-70)80-61)69-63(74)78-41-44-26-14-7-15-27-44/h6-35,49-61,70-72,76H,36-42H2,1-5H3,(H,67,73)(H,68,75)(H,69,74)/t49-,50+,51-,52-,53+,54-,55-,56+,57-,58+,59+,60+,61-/m1/s1. The summed E-state index contributed by atoms with van der Waals surface area (Å²) in [5, 5.41) is 45.8. The Hall–Kier alpha value is -6.80. The van der Waals surface area contributed by atoms with Gasteiger partial charge in [0.1, 0.15) is 37.6 Å². The zero-order valence-corrected chi connectivity index (χ0v) is 51.1. The number of ether oxygens (including phenoxy) is 7. The Bertz CT molecular complexity index is 3080. The lowest BCUT2D eigenvalue weighted by molar-refractivity contribution is -0.297. The van der Waals surface area contributed by atoms with Gasteiger partial charge in [0.15, 0.2) is 18.7 Å². The molecule has 0 spiro atoms. The molecular weight excluding hydrogens is 1130 g/mol. The molecule has 6 aromatic carbocycles. The molecular formula is C66H79N3O15Si2. The fraction of sp³-hybridized carbons (Fsp3) is 0.409. The Kier molecular flexibility index (Phi) is 19.6. The fourth-order valence-electron chi connectivity index (χ4n) is 13.0. The first-order valence-electron chi connectivity index (χ1n) is 29.5. The largest absolute Gasteiger partial charge is 0.445 e. The summed E-state index contributed by atoms with van der Waals surface area (Å²) < 4.78 is 52.8. The predicted octanol–water partition coefficient (Wildman–Crippen LogP) is 5.90. The molecule has 3 heterocycles. The van der Waals surface area contributed by atoms with Gasteiger partial charge in [0.25, 0.3) is 16.6 Å². The highest BCUT2D eigenvalue weighted by Crippen LogP contribution is 2.48. The van der Waals surface area contributed by atoms with Crippen molar-refractivity contribution >= 4 is 55.7 Å². The average Bonchev–Trinajstić information content (AvgIpc) is 1.16. The normalized spacial score (nSPS) is 26.8. The third-order valence-electron chi connectivity index (χ3n) is 17.3. The summed E-state index contributed by atoms with van der Waals surface area (Å²) in [6.07, 6.45) is -13.9. The van der Waals surface area contributed by atoms with Crippen LogP contribution in [0.2, 0.25) is 10.1 Å². The SMILES string of the molecule is CC(C)(C[C@H]1[C@H](O[C@@H]2[C@H]3OC(=O)N[C@@H]3C[C@H](NC(=O)OCc3ccccc3)[C@H]2O[C@H]2O[C@H](CO)[C@@H](O)C[C@H]2NC(=O)OCc2ccccc2)O[C@H](CO[Si](c2ccccc2)(c2ccccc2)C(C)(C)C)[C@H]1O)[Si](O)(c1ccccc1)c1ccccc1. The molecule has 0 aromatic heterocycles. The summed E-state index contributed by atoms with van der Waals surface area (Å²) in [6.45, 7) is 9.59. The maximum Gasteiger partial charge on any atom is 0.407 e. The predicted molar refractivity (Wildman–Crippen MR) is 326 cm³/mol. The molecule has 13 atom stereocenters. The Balaban J connectivity index is 1.04. The minimum atomic E-state index is -3.80. The van der Waals surface area contributed by atoms with Crippen LogP contribution in [0.15, 0.2) is 182 Å². The van der Waals surface area contributed by atoms with E-state index in [1.165, 1.54) is 0 Å². The van der Waals surface area contributed by atoms with Gasteiger partial charge in [-0.1, -0.05) is 217 Å². The summed E-state index contributed by atoms with van der Waals surface area (Å²) in [5.41, 5.74) is 1.45. The highest BCUT2D eigenvalue weighted by Gasteiger charge is 2.60. The van der Waals surface area contributed by atoms with Crippen molar-refractivity contribution in [2.24, 2.45) is 5.92 Å². The molecule has 3 amide bonds. The van der Waals surface area contributed by atoms with Gasteiger partial charge in [-0.2, -0.15) is 0 Å². The number of hydrogen-bond donors (Lipinski definition) is 7. The van der Waals surface area contributed by atoms with E-state index >= 15 is 0 Å². The van der Waals surface area contributed by atoms with Gasteiger partial charge in [-0.15, -0.1) is 0 Å². The van der Waals surface area contributed by atoms with Gasteiger partial charge in [-0.05, 0) is 54.8 Å². The number of carbonyl (C=O) groups excluding carboxylic acids is 3. The monoisotopic (exact) mass is 1210 g/mol. The number of hydrogen-bond acceptors (Lipinski definition) is 15. The first kappa shape index (κ1) is 62.3. The van der Waals surface area contributed by atoms with Gasteiger partial charge >= 0.3 is 18.3 Å². The molecule has 3 aliphatic heterocycles. The Labute approximate surface area is 504 Å². The molecule has 3 saturated heterocycles. The smallest absolute Gasteiger partial charge is 0.407 e. The number of benzene rings is 6. The second-order valence-electron chi connectivity index (χ2n) is 24.4. The van der Waals surface area contributed by atoms with E-state index in [2.05, 4.69) is 61.0 Å². The van der Waals surface area contributed by atoms with Crippen molar-refractivity contribution in [3.63, 3.8) is 0 Å². The summed E-state index contributed by atoms with van der Waals surface area (Å²) in [4.78, 5) is 55.0. The van der Waals surface area contributed by atoms with Gasteiger partial charge in [0, 0.05) is 12.3 Å². The number of aliphatic hydroxyl groups excluding tert-OH is 3. The lowest BCUT2D eigenvalue weighted by atomic mass is 9.83. The number of rotatable bonds is 21. The minimum Gasteiger partial charge on any atom is -0.445 e. The summed E-state index contributed by atoms with van der Waals surface area (Å²) in [5.74, 6) is -0.925. The maximum absolute atomic E-state index is 14.1. The molecule has 4 aliphatic rings. The molecule has 456 valence electrons. The lowest BCUT2D eigenvalue weighted by Crippen LogP contribution is -2.67. The van der Waals surface area contributed by atoms with Crippen LogP contribution in [0, 0.1) is 5.92 Å². The van der Waals surface area contributed by atoms with E-state index in [1.54, 1.807) is 12.1 Å². The van der Waals surface area contributed by atoms with Crippen LogP contribution in [0.4, 0.5) is 14.4 Å². The van der Waals surface area contributed by atoms with Crippen molar-refractivity contribution in [2.45, 2.75) is 151 Å². The van der Waals surface area contributed by atoms with Crippen LogP contribution >= 0.6 is 0 Å². The van der Waals surface area contributed by atoms with Crippen molar-refractivity contribution < 1.29 is 72.1 Å². The third-order valence-corrected chi connectivity index (χ3v) is 26.8. The zero-order chi connectivity index (χ0) is 60.6. The lowest BCUT2D eigenvalue weighted by Gasteiger charge is -2.47. The first-order chi connectivity index (χ1) is 41.4. The van der Waals surface area contributed by atoms with Crippen molar-refractivity contribution in [3.05, 3.63) is 193 Å². The second kappa shape index (κ2) is 27.1. The molecule has 18 nitrogen and oxygen atoms in total. The van der Waals surface area contributed by atoms with Gasteiger partial charge in [0.2, 0.25) is 0 Å². The van der Waals surface area contributed by atoms with Gasteiger partial charge < -0.3 is 73.6 Å². The molecule has 0 unspecified atom stereocenters. The molecule has 4 fully saturated rings. The van der Waals surface area contributed by atoms with Crippen LogP contribution < -0.4 is 36.7 Å². The number of amides is 3. The molecule has 20 heteroatoms. The Morgan fingerprint density at radius 2 is 1.06 bits per heavy atom. The minimum absolute atomic E-state index is 0.0176. The highest BCUT2D eigenvalue weighted by molar-refractivity contribution is 6.99. The molecule has 86 heavy (non-hydrogen) atoms. The van der Waals surface area contributed by atoms with E-state index in [9.17, 15) is 34.5 Å². The maximum atomic E-state index is 14.1. The zero-order valence-electron chi connectivity index (χ0n) is 49.1. The van der Waals surface area contributed by atoms with E-state index in [0.717, 1.165) is 31.9 Å². The van der Waals surface area contributed by atoms with E-state index in [4.69, 9.17) is 37.6 Å². The van der Waals surface area contributed by atoms with Crippen LogP contribution in [0.25, 0.3) is 0 Å². The van der Waals surface area contributed by atoms with Gasteiger partial charge in [-0.3, -0.25) is 0 Å². The number of alkyl carbamates (subject to hydrolysis) is 3. The van der Waals surface area contributed by atoms with E-state index in [-0.39, 0.29) is 39.1 Å². The molecule has 0 radical (unpaired) electrons. The van der Waals surface area contributed by atoms with E-state index in [0.29, 0.717) is 0 Å². The van der Waals surface area contributed by atoms with Crippen LogP contribution in [-0.4, -0.2) is 142 Å². The molecule has 10 rings (SSSR count). The molecule has 6 aromatic rings. The third kappa shape index (κ3) is 13.5. The van der Waals surface area contributed by atoms with Crippen LogP contribution in [0.5, 0.6) is 0 Å². The summed E-state index contributed by atoms with van der Waals surface area (Å²) in [7, 11) is -7.06. The molecule has 1 aliphatic carbocycles. The van der Waals surface area contributed by atoms with Crippen molar-refractivity contribution in [1.29, 1.82) is 0 Å². The first-order valence-corrected chi connectivity index (χ1v) is 33.3. The van der Waals surface area contributed by atoms with Gasteiger partial charge in [-0.25, -0.2) is 14.4 Å². The molecule has 0 bridgehead atoms. The quantitative estimate of drug-likeness (QED) is 0.0328. The van der Waals surface area contributed by atoms with Crippen LogP contribution in [0.1, 0.15) is 65.0 Å². The van der Waals surface area contributed by atoms with Crippen LogP contribution in [0.3, 0.4) is 0 Å². The Morgan fingerprint density at radius 3 is 1.55 bits per heavy atom. The van der Waals surface area contributed by atoms with Gasteiger partial charge in [0.05, 0.1) is 43.5 Å². The van der Waals surface area contributed by atoms with E-state index < -0.39 is 131 Å². The molecule has 1 saturated carbocycles. The Morgan fingerprint density at radius 1 is 0.605 bits per heavy atom. The number of fused-ring (bicyclic) bond motifs is 1. The number of nitrogens with one attached hydrogen (secondary N) is 3. The summed E-state index contributed by atoms with van der Waals surface area (Å²) in [6, 6.07) is 54.6. The van der Waals surface area contributed by atoms with Crippen molar-refractivity contribution in [3.8, 4) is 0 Å². The number of carbonyl (C=O) groups is 3. The second-order valence-corrected chi connectivity index (χ2v) is 32.6. The summed E-state index contributed by atoms with van der Waals surface area (Å²) >= 11 is 0.